The number of carbonyl (C=O) groups excluding carboxylic acids is 1. The van der Waals surface area contributed by atoms with Gasteiger partial charge in [0, 0.05) is 31.5 Å². The number of rotatable bonds is 12. The van der Waals surface area contributed by atoms with E-state index >= 15 is 0 Å². The zero-order chi connectivity index (χ0) is 26.6. The fraction of sp³-hybridized carbons (Fsp3) is 0.308. The number of amides is 2. The van der Waals surface area contributed by atoms with E-state index in [0.717, 1.165) is 49.2 Å². The Morgan fingerprint density at radius 2 is 1.76 bits per heavy atom. The zero-order valence-corrected chi connectivity index (χ0v) is 21.0. The fourth-order valence-electron chi connectivity index (χ4n) is 3.73. The molecule has 3 rings (SSSR count). The van der Waals surface area contributed by atoms with E-state index in [1.54, 1.807) is 18.3 Å². The summed E-state index contributed by atoms with van der Waals surface area (Å²) in [5.41, 5.74) is 14.6. The van der Waals surface area contributed by atoms with Gasteiger partial charge in [0.2, 0.25) is 5.95 Å². The quantitative estimate of drug-likeness (QED) is 0.112. The minimum absolute atomic E-state index is 0.0251. The first-order chi connectivity index (χ1) is 17.8. The van der Waals surface area contributed by atoms with E-state index in [9.17, 15) is 9.59 Å². The number of nitrogens with two attached hydrogens (primary N) is 2. The number of nitrogens with one attached hydrogen (secondary N) is 5. The maximum Gasteiger partial charge on any atom is 0.326 e. The van der Waals surface area contributed by atoms with E-state index in [4.69, 9.17) is 16.9 Å². The second-order valence-electron chi connectivity index (χ2n) is 8.72. The van der Waals surface area contributed by atoms with Crippen LogP contribution in [0.5, 0.6) is 0 Å². The maximum atomic E-state index is 12.6. The molecule has 37 heavy (non-hydrogen) atoms. The van der Waals surface area contributed by atoms with Crippen molar-refractivity contribution in [3.8, 4) is 11.1 Å². The molecule has 0 bridgehead atoms. The highest BCUT2D eigenvalue weighted by atomic mass is 16.2. The topological polar surface area (TPSA) is 178 Å². The number of guanidine groups is 1. The summed E-state index contributed by atoms with van der Waals surface area (Å²) in [6.07, 6.45) is 3.29. The second-order valence-corrected chi connectivity index (χ2v) is 8.72. The monoisotopic (exact) mass is 505 g/mol. The second kappa shape index (κ2) is 13.8. The predicted octanol–water partition coefficient (Wildman–Crippen LogP) is 2.41. The summed E-state index contributed by atoms with van der Waals surface area (Å²) in [5.74, 6) is 0.0349. The molecular formula is C26H35N9O2. The molecule has 11 heteroatoms. The number of anilines is 2. The van der Waals surface area contributed by atoms with Gasteiger partial charge in [-0.05, 0) is 56.1 Å². The van der Waals surface area contributed by atoms with Crippen molar-refractivity contribution >= 4 is 23.6 Å². The first-order valence-corrected chi connectivity index (χ1v) is 12.2. The van der Waals surface area contributed by atoms with Crippen molar-refractivity contribution in [1.82, 2.24) is 20.2 Å². The van der Waals surface area contributed by atoms with Crippen molar-refractivity contribution in [2.45, 2.75) is 26.3 Å². The number of aromatic amines is 1. The summed E-state index contributed by atoms with van der Waals surface area (Å²) >= 11 is 0. The summed E-state index contributed by atoms with van der Waals surface area (Å²) in [7, 11) is 0. The molecule has 0 aliphatic carbocycles. The van der Waals surface area contributed by atoms with Gasteiger partial charge >= 0.3 is 6.03 Å². The van der Waals surface area contributed by atoms with Crippen LogP contribution in [-0.4, -0.2) is 53.0 Å². The van der Waals surface area contributed by atoms with Crippen LogP contribution in [0.15, 0.2) is 59.5 Å². The van der Waals surface area contributed by atoms with Crippen molar-refractivity contribution in [3.63, 3.8) is 0 Å². The Kier molecular flexibility index (Phi) is 10.2. The van der Waals surface area contributed by atoms with Gasteiger partial charge in [0.1, 0.15) is 0 Å². The van der Waals surface area contributed by atoms with E-state index in [1.165, 1.54) is 0 Å². The lowest BCUT2D eigenvalue weighted by Crippen LogP contribution is -2.34. The number of aromatic nitrogens is 2. The molecule has 0 aliphatic rings. The molecule has 3 aromatic rings. The molecule has 0 saturated heterocycles. The van der Waals surface area contributed by atoms with Crippen LogP contribution in [-0.2, 0) is 6.54 Å². The number of benzene rings is 2. The molecule has 2 amide bonds. The highest BCUT2D eigenvalue weighted by Gasteiger charge is 2.10. The maximum absolute atomic E-state index is 12.6. The number of aryl methyl sites for hydroxylation is 1. The van der Waals surface area contributed by atoms with Crippen molar-refractivity contribution in [2.24, 2.45) is 11.5 Å². The standard InChI is InChI=1S/C26H35N9O2/c1-18-4-10-21(11-5-18)32-26(37)34-25-31-16-22(23(36)33-25)20-8-6-19(7-9-20)17-35(14-2-12-27)15-3-13-30-24(28)29/h4-11,16H,2-3,12-15,17,27H2,1H3,(H4,28,29,30)(H3,31,32,33,34,36,37). The summed E-state index contributed by atoms with van der Waals surface area (Å²) < 4.78 is 0. The lowest BCUT2D eigenvalue weighted by atomic mass is 10.1. The van der Waals surface area contributed by atoms with Gasteiger partial charge in [-0.3, -0.25) is 20.4 Å². The van der Waals surface area contributed by atoms with Crippen LogP contribution < -0.4 is 33.0 Å². The van der Waals surface area contributed by atoms with Crippen LogP contribution in [0.4, 0.5) is 16.4 Å². The Bertz CT molecular complexity index is 1220. The van der Waals surface area contributed by atoms with E-state index < -0.39 is 11.6 Å². The minimum atomic E-state index is -0.500. The van der Waals surface area contributed by atoms with Crippen LogP contribution in [0.3, 0.4) is 0 Å². The molecule has 0 atom stereocenters. The average Bonchev–Trinajstić information content (AvgIpc) is 2.87. The summed E-state index contributed by atoms with van der Waals surface area (Å²) in [6, 6.07) is 14.6. The molecule has 0 spiro atoms. The molecule has 0 unspecified atom stereocenters. The van der Waals surface area contributed by atoms with Gasteiger partial charge in [-0.2, -0.15) is 4.98 Å². The van der Waals surface area contributed by atoms with Crippen molar-refractivity contribution in [3.05, 3.63) is 76.2 Å². The molecule has 1 heterocycles. The van der Waals surface area contributed by atoms with Crippen molar-refractivity contribution in [2.75, 3.05) is 36.8 Å². The molecule has 2 aromatic carbocycles. The van der Waals surface area contributed by atoms with Gasteiger partial charge in [-0.15, -0.1) is 0 Å². The van der Waals surface area contributed by atoms with Gasteiger partial charge in [0.05, 0.1) is 5.56 Å². The summed E-state index contributed by atoms with van der Waals surface area (Å²) in [5, 5.41) is 15.3. The zero-order valence-electron chi connectivity index (χ0n) is 21.0. The predicted molar refractivity (Wildman–Crippen MR) is 148 cm³/mol. The lowest BCUT2D eigenvalue weighted by Gasteiger charge is -2.22. The van der Waals surface area contributed by atoms with Gasteiger partial charge in [-0.25, -0.2) is 4.79 Å². The number of hydrogen-bond donors (Lipinski definition) is 7. The number of hydrogen-bond acceptors (Lipinski definition) is 6. The number of urea groups is 1. The van der Waals surface area contributed by atoms with E-state index in [0.29, 0.717) is 24.3 Å². The largest absolute Gasteiger partial charge is 0.370 e. The number of nitrogens with zero attached hydrogens (tertiary/aromatic N) is 2. The van der Waals surface area contributed by atoms with Crippen LogP contribution in [0.2, 0.25) is 0 Å². The first kappa shape index (κ1) is 27.4. The Labute approximate surface area is 216 Å². The van der Waals surface area contributed by atoms with Crippen LogP contribution in [0.1, 0.15) is 24.0 Å². The number of H-pyrrole nitrogens is 1. The summed E-state index contributed by atoms with van der Waals surface area (Å²) in [6.45, 7) is 5.68. The molecular weight excluding hydrogens is 470 g/mol. The molecule has 0 radical (unpaired) electrons. The molecule has 11 nitrogen and oxygen atoms in total. The molecule has 196 valence electrons. The van der Waals surface area contributed by atoms with Gasteiger partial charge in [0.25, 0.3) is 5.56 Å². The third kappa shape index (κ3) is 9.06. The minimum Gasteiger partial charge on any atom is -0.370 e. The normalized spacial score (nSPS) is 10.8. The Balaban J connectivity index is 1.59. The van der Waals surface area contributed by atoms with E-state index in [2.05, 4.69) is 30.8 Å². The Morgan fingerprint density at radius 1 is 1.05 bits per heavy atom. The molecule has 1 aromatic heterocycles. The van der Waals surface area contributed by atoms with Gasteiger partial charge in [0.15, 0.2) is 5.96 Å². The summed E-state index contributed by atoms with van der Waals surface area (Å²) in [4.78, 5) is 34.0. The van der Waals surface area contributed by atoms with Crippen LogP contribution in [0, 0.1) is 12.3 Å². The van der Waals surface area contributed by atoms with Crippen LogP contribution in [0.25, 0.3) is 11.1 Å². The highest BCUT2D eigenvalue weighted by Crippen LogP contribution is 2.17. The third-order valence-corrected chi connectivity index (χ3v) is 5.65. The third-order valence-electron chi connectivity index (χ3n) is 5.65. The van der Waals surface area contributed by atoms with Crippen LogP contribution >= 0.6 is 0 Å². The van der Waals surface area contributed by atoms with Crippen molar-refractivity contribution < 1.29 is 4.79 Å². The van der Waals surface area contributed by atoms with Gasteiger partial charge < -0.3 is 27.1 Å². The lowest BCUT2D eigenvalue weighted by molar-refractivity contribution is 0.260. The van der Waals surface area contributed by atoms with Crippen molar-refractivity contribution in [1.29, 1.82) is 5.41 Å². The number of carbonyl (C=O) groups is 1. The highest BCUT2D eigenvalue weighted by molar-refractivity contribution is 5.98. The molecule has 0 saturated carbocycles. The van der Waals surface area contributed by atoms with E-state index in [1.807, 2.05) is 43.3 Å². The van der Waals surface area contributed by atoms with E-state index in [-0.39, 0.29) is 11.9 Å². The average molecular weight is 506 g/mol. The molecule has 9 N–H and O–H groups in total. The Morgan fingerprint density at radius 3 is 2.41 bits per heavy atom. The Hall–Kier alpha value is -4.22. The first-order valence-electron chi connectivity index (χ1n) is 12.2. The SMILES string of the molecule is Cc1ccc(NC(=O)Nc2nc(=O)c(-c3ccc(CN(CCCN)CCCNC(=N)N)cc3)c[nH]2)cc1. The van der Waals surface area contributed by atoms with Gasteiger partial charge in [-0.1, -0.05) is 42.0 Å². The molecule has 0 aliphatic heterocycles. The molecule has 0 fully saturated rings. The smallest absolute Gasteiger partial charge is 0.326 e. The fourth-order valence-corrected chi connectivity index (χ4v) is 3.73.